The summed E-state index contributed by atoms with van der Waals surface area (Å²) >= 11 is 0. The van der Waals surface area contributed by atoms with Crippen molar-refractivity contribution in [1.29, 1.82) is 0 Å². The van der Waals surface area contributed by atoms with Crippen molar-refractivity contribution in [2.24, 2.45) is 0 Å². The topological polar surface area (TPSA) is 30.2 Å². The fraction of sp³-hybridized carbons (Fsp3) is 0.619. The minimum atomic E-state index is -0.312. The molecule has 0 N–H and O–H groups in total. The van der Waals surface area contributed by atoms with E-state index < -0.39 is 0 Å². The van der Waals surface area contributed by atoms with E-state index in [1.165, 1.54) is 57.4 Å². The minimum Gasteiger partial charge on any atom is -1.00 e. The molecule has 0 spiro atoms. The van der Waals surface area contributed by atoms with Crippen LogP contribution in [0.5, 0.6) is 0 Å². The summed E-state index contributed by atoms with van der Waals surface area (Å²) in [5, 5.41) is 0. The van der Waals surface area contributed by atoms with Gasteiger partial charge in [0.1, 0.15) is 6.54 Å². The number of hydrogen-bond acceptors (Lipinski definition) is 2. The molecule has 3 nitrogen and oxygen atoms in total. The van der Waals surface area contributed by atoms with Gasteiger partial charge in [-0.3, -0.25) is 0 Å². The molecule has 4 heteroatoms. The van der Waals surface area contributed by atoms with Crippen molar-refractivity contribution in [3.63, 3.8) is 0 Å². The Hall–Kier alpha value is -1.16. The van der Waals surface area contributed by atoms with E-state index in [1.807, 2.05) is 6.92 Å². The Morgan fingerprint density at radius 1 is 0.960 bits per heavy atom. The molecule has 1 unspecified atom stereocenters. The molecular formula is C21H34BrNO2. The Morgan fingerprint density at radius 3 is 2.04 bits per heavy atom. The molecule has 1 aromatic rings. The van der Waals surface area contributed by atoms with Gasteiger partial charge in [-0.1, -0.05) is 51.2 Å². The average molecular weight is 412 g/mol. The normalized spacial score (nSPS) is 11.4. The summed E-state index contributed by atoms with van der Waals surface area (Å²) in [4.78, 5) is 11.0. The maximum atomic E-state index is 11.0. The highest BCUT2D eigenvalue weighted by Gasteiger charge is 2.05. The number of pyridine rings is 1. The van der Waals surface area contributed by atoms with Gasteiger partial charge >= 0.3 is 5.97 Å². The van der Waals surface area contributed by atoms with Crippen LogP contribution in [-0.4, -0.2) is 12.1 Å². The first-order valence-corrected chi connectivity index (χ1v) is 9.49. The van der Waals surface area contributed by atoms with Gasteiger partial charge in [0.2, 0.25) is 0 Å². The number of aryl methyl sites for hydroxylation is 1. The van der Waals surface area contributed by atoms with E-state index in [4.69, 9.17) is 4.74 Å². The zero-order chi connectivity index (χ0) is 17.5. The third-order valence-corrected chi connectivity index (χ3v) is 4.29. The quantitative estimate of drug-likeness (QED) is 0.203. The van der Waals surface area contributed by atoms with Crippen molar-refractivity contribution in [1.82, 2.24) is 0 Å². The zero-order valence-corrected chi connectivity index (χ0v) is 17.3. The maximum Gasteiger partial charge on any atom is 0.330 e. The van der Waals surface area contributed by atoms with Crippen molar-refractivity contribution in [3.8, 4) is 0 Å². The number of unbranched alkanes of at least 4 members (excludes halogenated alkanes) is 8. The van der Waals surface area contributed by atoms with Crippen molar-refractivity contribution < 1.29 is 31.1 Å². The summed E-state index contributed by atoms with van der Waals surface area (Å²) in [5.74, 6) is -0.312. The Bertz CT molecular complexity index is 450. The van der Waals surface area contributed by atoms with Gasteiger partial charge in [-0.15, -0.1) is 0 Å². The van der Waals surface area contributed by atoms with E-state index in [0.717, 1.165) is 19.4 Å². The van der Waals surface area contributed by atoms with Crippen LogP contribution in [0.2, 0.25) is 0 Å². The SMILES string of the molecule is C=CC(=O)OC(C)CCCCCCCCCCC[n+]1ccccc1.[Br-]. The number of hydrogen-bond donors (Lipinski definition) is 0. The highest BCUT2D eigenvalue weighted by Crippen LogP contribution is 2.12. The monoisotopic (exact) mass is 411 g/mol. The molecule has 0 aliphatic carbocycles. The molecule has 1 atom stereocenters. The summed E-state index contributed by atoms with van der Waals surface area (Å²) in [7, 11) is 0. The fourth-order valence-corrected chi connectivity index (χ4v) is 2.85. The lowest BCUT2D eigenvalue weighted by Crippen LogP contribution is -3.00. The second kappa shape index (κ2) is 16.3. The number of ether oxygens (including phenoxy) is 1. The van der Waals surface area contributed by atoms with Gasteiger partial charge in [0.15, 0.2) is 12.4 Å². The van der Waals surface area contributed by atoms with Crippen LogP contribution < -0.4 is 21.5 Å². The zero-order valence-electron chi connectivity index (χ0n) is 15.7. The second-order valence-electron chi connectivity index (χ2n) is 6.54. The molecule has 0 saturated heterocycles. The molecule has 0 aromatic carbocycles. The van der Waals surface area contributed by atoms with Crippen molar-refractivity contribution in [2.75, 3.05) is 0 Å². The molecule has 0 fully saturated rings. The minimum absolute atomic E-state index is 0. The summed E-state index contributed by atoms with van der Waals surface area (Å²) in [6.45, 7) is 6.50. The van der Waals surface area contributed by atoms with Gasteiger partial charge in [-0.25, -0.2) is 9.36 Å². The number of carbonyl (C=O) groups excluding carboxylic acids is 1. The number of esters is 1. The molecule has 1 aromatic heterocycles. The predicted molar refractivity (Wildman–Crippen MR) is 98.6 cm³/mol. The molecule has 0 aliphatic rings. The van der Waals surface area contributed by atoms with E-state index in [2.05, 4.69) is 41.7 Å². The highest BCUT2D eigenvalue weighted by molar-refractivity contribution is 5.81. The lowest BCUT2D eigenvalue weighted by Gasteiger charge is -2.11. The molecule has 142 valence electrons. The van der Waals surface area contributed by atoms with Crippen LogP contribution in [0.15, 0.2) is 43.2 Å². The first-order valence-electron chi connectivity index (χ1n) is 9.49. The smallest absolute Gasteiger partial charge is 0.330 e. The van der Waals surface area contributed by atoms with Crippen LogP contribution in [0.1, 0.15) is 71.1 Å². The standard InChI is InChI=1S/C21H34NO2.BrH/c1-3-21(23)24-20(2)16-12-9-7-5-4-6-8-10-13-17-22-18-14-11-15-19-22;/h3,11,14-15,18-20H,1,4-10,12-13,16-17H2,2H3;1H/q+1;/p-1. The van der Waals surface area contributed by atoms with Gasteiger partial charge in [-0.2, -0.15) is 0 Å². The lowest BCUT2D eigenvalue weighted by molar-refractivity contribution is -0.697. The second-order valence-corrected chi connectivity index (χ2v) is 6.54. The van der Waals surface area contributed by atoms with Crippen LogP contribution in [0.25, 0.3) is 0 Å². The summed E-state index contributed by atoms with van der Waals surface area (Å²) in [6.07, 6.45) is 18.1. The lowest BCUT2D eigenvalue weighted by atomic mass is 10.1. The van der Waals surface area contributed by atoms with Crippen molar-refractivity contribution in [3.05, 3.63) is 43.2 Å². The Morgan fingerprint density at radius 2 is 1.48 bits per heavy atom. The van der Waals surface area contributed by atoms with Gasteiger partial charge < -0.3 is 21.7 Å². The van der Waals surface area contributed by atoms with E-state index >= 15 is 0 Å². The van der Waals surface area contributed by atoms with Crippen LogP contribution in [-0.2, 0) is 16.1 Å². The third kappa shape index (κ3) is 13.8. The van der Waals surface area contributed by atoms with Crippen LogP contribution >= 0.6 is 0 Å². The Kier molecular flexibility index (Phi) is 15.6. The third-order valence-electron chi connectivity index (χ3n) is 4.29. The summed E-state index contributed by atoms with van der Waals surface area (Å²) in [5.41, 5.74) is 0. The number of halogens is 1. The van der Waals surface area contributed by atoms with E-state index in [-0.39, 0.29) is 29.1 Å². The Balaban J connectivity index is 0.00000576. The average Bonchev–Trinajstić information content (AvgIpc) is 2.60. The van der Waals surface area contributed by atoms with Crippen LogP contribution in [0.3, 0.4) is 0 Å². The molecule has 0 bridgehead atoms. The number of carbonyl (C=O) groups is 1. The fourth-order valence-electron chi connectivity index (χ4n) is 2.85. The first-order chi connectivity index (χ1) is 11.7. The highest BCUT2D eigenvalue weighted by atomic mass is 79.9. The molecular weight excluding hydrogens is 378 g/mol. The van der Waals surface area contributed by atoms with E-state index in [1.54, 1.807) is 0 Å². The van der Waals surface area contributed by atoms with Gasteiger partial charge in [-0.05, 0) is 26.2 Å². The number of nitrogens with zero attached hydrogens (tertiary/aromatic N) is 1. The van der Waals surface area contributed by atoms with E-state index in [0.29, 0.717) is 0 Å². The molecule has 0 amide bonds. The maximum absolute atomic E-state index is 11.0. The molecule has 0 saturated carbocycles. The number of rotatable bonds is 14. The van der Waals surface area contributed by atoms with Crippen LogP contribution in [0.4, 0.5) is 0 Å². The number of aromatic nitrogens is 1. The van der Waals surface area contributed by atoms with Crippen molar-refractivity contribution >= 4 is 5.97 Å². The summed E-state index contributed by atoms with van der Waals surface area (Å²) < 4.78 is 7.41. The molecule has 1 rings (SSSR count). The predicted octanol–water partition coefficient (Wildman–Crippen LogP) is 2.00. The van der Waals surface area contributed by atoms with Gasteiger partial charge in [0.05, 0.1) is 6.10 Å². The largest absolute Gasteiger partial charge is 1.00 e. The Labute approximate surface area is 164 Å². The molecule has 0 aliphatic heterocycles. The van der Waals surface area contributed by atoms with Crippen molar-refractivity contribution in [2.45, 2.75) is 83.8 Å². The van der Waals surface area contributed by atoms with E-state index in [9.17, 15) is 4.79 Å². The van der Waals surface area contributed by atoms with Gasteiger partial charge in [0, 0.05) is 24.6 Å². The molecule has 1 heterocycles. The molecule has 0 radical (unpaired) electrons. The van der Waals surface area contributed by atoms with Gasteiger partial charge in [0.25, 0.3) is 0 Å². The van der Waals surface area contributed by atoms with Crippen LogP contribution in [0, 0.1) is 0 Å². The first kappa shape index (κ1) is 23.8. The molecule has 25 heavy (non-hydrogen) atoms. The summed E-state index contributed by atoms with van der Waals surface area (Å²) in [6, 6.07) is 6.24.